The molecule has 0 fully saturated rings. The molecular formula is C21H32O6Si. The van der Waals surface area contributed by atoms with Crippen LogP contribution in [0.25, 0.3) is 0 Å². The third kappa shape index (κ3) is 5.99. The third-order valence-electron chi connectivity index (χ3n) is 3.59. The van der Waals surface area contributed by atoms with Gasteiger partial charge in [0.15, 0.2) is 0 Å². The molecule has 0 aliphatic rings. The maximum absolute atomic E-state index is 6.32. The molecule has 1 aromatic rings. The molecule has 0 amide bonds. The van der Waals surface area contributed by atoms with Crippen molar-refractivity contribution >= 4 is 14.0 Å². The number of hydrogen-bond donors (Lipinski definition) is 0. The molecule has 0 atom stereocenters. The summed E-state index contributed by atoms with van der Waals surface area (Å²) in [7, 11) is 0.973. The van der Waals surface area contributed by atoms with Crippen LogP contribution in [-0.2, 0) is 27.5 Å². The zero-order valence-electron chi connectivity index (χ0n) is 18.3. The van der Waals surface area contributed by atoms with Crippen LogP contribution in [0, 0.1) is 0 Å². The van der Waals surface area contributed by atoms with Crippen LogP contribution in [0.15, 0.2) is 64.9 Å². The summed E-state index contributed by atoms with van der Waals surface area (Å²) in [6.07, 6.45) is 0. The standard InChI is InChI=1S/C21H32O6Si/c1-15(2)19(22-7)25-28(18-13-11-10-12-14-18,26-20(23-8)16(3)4)27-21(24-9)17(5)6/h10-14H,1-9H3. The number of methoxy groups -OCH3 is 3. The Balaban J connectivity index is 3.72. The quantitative estimate of drug-likeness (QED) is 0.417. The molecule has 0 saturated heterocycles. The van der Waals surface area contributed by atoms with Crippen LogP contribution >= 0.6 is 0 Å². The highest BCUT2D eigenvalue weighted by molar-refractivity contribution is 6.76. The molecule has 1 rings (SSSR count). The summed E-state index contributed by atoms with van der Waals surface area (Å²) in [4.78, 5) is 0. The lowest BCUT2D eigenvalue weighted by molar-refractivity contribution is 0.0131. The van der Waals surface area contributed by atoms with E-state index in [-0.39, 0.29) is 0 Å². The van der Waals surface area contributed by atoms with Crippen molar-refractivity contribution < 1.29 is 27.5 Å². The SMILES string of the molecule is COC(O[Si](OC(OC)=C(C)C)(OC(OC)=C(C)C)c1ccccc1)=C(C)C. The predicted octanol–water partition coefficient (Wildman–Crippen LogP) is 4.58. The second-order valence-corrected chi connectivity index (χ2v) is 9.01. The zero-order chi connectivity index (χ0) is 21.3. The highest BCUT2D eigenvalue weighted by atomic mass is 28.4. The molecule has 0 spiro atoms. The molecule has 6 nitrogen and oxygen atoms in total. The summed E-state index contributed by atoms with van der Waals surface area (Å²) in [6, 6.07) is 9.48. The van der Waals surface area contributed by atoms with Gasteiger partial charge in [0.05, 0.1) is 26.5 Å². The van der Waals surface area contributed by atoms with Gasteiger partial charge < -0.3 is 27.5 Å². The molecule has 0 aliphatic carbocycles. The monoisotopic (exact) mass is 408 g/mol. The Kier molecular flexibility index (Phi) is 8.98. The van der Waals surface area contributed by atoms with Crippen LogP contribution in [0.2, 0.25) is 0 Å². The van der Waals surface area contributed by atoms with Crippen molar-refractivity contribution in [2.24, 2.45) is 0 Å². The van der Waals surface area contributed by atoms with E-state index >= 15 is 0 Å². The average molecular weight is 409 g/mol. The topological polar surface area (TPSA) is 55.4 Å². The molecule has 0 radical (unpaired) electrons. The van der Waals surface area contributed by atoms with E-state index in [2.05, 4.69) is 0 Å². The van der Waals surface area contributed by atoms with Crippen molar-refractivity contribution in [1.29, 1.82) is 0 Å². The molecule has 0 N–H and O–H groups in total. The largest absolute Gasteiger partial charge is 0.743 e. The first-order valence-corrected chi connectivity index (χ1v) is 10.7. The number of hydrogen-bond acceptors (Lipinski definition) is 6. The van der Waals surface area contributed by atoms with E-state index in [9.17, 15) is 0 Å². The van der Waals surface area contributed by atoms with Gasteiger partial charge in [0, 0.05) is 16.7 Å². The highest BCUT2D eigenvalue weighted by Crippen LogP contribution is 2.26. The lowest BCUT2D eigenvalue weighted by atomic mass is 10.4. The third-order valence-corrected chi connectivity index (χ3v) is 5.99. The van der Waals surface area contributed by atoms with E-state index in [1.807, 2.05) is 71.9 Å². The Morgan fingerprint density at radius 1 is 0.571 bits per heavy atom. The number of allylic oxidation sites excluding steroid dienone is 3. The lowest BCUT2D eigenvalue weighted by Gasteiger charge is -2.32. The van der Waals surface area contributed by atoms with Crippen molar-refractivity contribution in [1.82, 2.24) is 0 Å². The number of ether oxygens (including phenoxy) is 3. The minimum atomic E-state index is -3.66. The van der Waals surface area contributed by atoms with Crippen LogP contribution in [-0.4, -0.2) is 30.1 Å². The Hall–Kier alpha value is -2.54. The molecular weight excluding hydrogens is 376 g/mol. The summed E-state index contributed by atoms with van der Waals surface area (Å²) in [5, 5.41) is 0.734. The first kappa shape index (κ1) is 23.5. The van der Waals surface area contributed by atoms with E-state index in [4.69, 9.17) is 27.5 Å². The van der Waals surface area contributed by atoms with E-state index in [1.165, 1.54) is 0 Å². The van der Waals surface area contributed by atoms with Gasteiger partial charge in [-0.15, -0.1) is 0 Å². The van der Waals surface area contributed by atoms with Gasteiger partial charge in [-0.25, -0.2) is 0 Å². The van der Waals surface area contributed by atoms with E-state index in [0.717, 1.165) is 21.9 Å². The van der Waals surface area contributed by atoms with Crippen molar-refractivity contribution in [2.45, 2.75) is 41.5 Å². The van der Waals surface area contributed by atoms with Gasteiger partial charge in [0.25, 0.3) is 17.8 Å². The van der Waals surface area contributed by atoms with Gasteiger partial charge in [-0.3, -0.25) is 0 Å². The fraction of sp³-hybridized carbons (Fsp3) is 0.429. The normalized spacial score (nSPS) is 10.3. The summed E-state index contributed by atoms with van der Waals surface area (Å²) in [5.74, 6) is 0.969. The minimum Gasteiger partial charge on any atom is -0.470 e. The molecule has 0 heterocycles. The molecule has 1 aromatic carbocycles. The van der Waals surface area contributed by atoms with E-state index < -0.39 is 8.80 Å². The zero-order valence-corrected chi connectivity index (χ0v) is 19.3. The fourth-order valence-electron chi connectivity index (χ4n) is 2.29. The molecule has 0 saturated carbocycles. The molecule has 7 heteroatoms. The Morgan fingerprint density at radius 3 is 1.14 bits per heavy atom. The maximum atomic E-state index is 6.32. The van der Waals surface area contributed by atoms with Crippen LogP contribution in [0.3, 0.4) is 0 Å². The highest BCUT2D eigenvalue weighted by Gasteiger charge is 2.55. The van der Waals surface area contributed by atoms with Gasteiger partial charge in [-0.2, -0.15) is 0 Å². The molecule has 0 aromatic heterocycles. The van der Waals surface area contributed by atoms with Gasteiger partial charge in [0.2, 0.25) is 0 Å². The van der Waals surface area contributed by atoms with Crippen LogP contribution < -0.4 is 5.19 Å². The Labute approximate surface area is 169 Å². The average Bonchev–Trinajstić information content (AvgIpc) is 2.67. The summed E-state index contributed by atoms with van der Waals surface area (Å²) < 4.78 is 35.3. The van der Waals surface area contributed by atoms with Gasteiger partial charge in [0.1, 0.15) is 0 Å². The summed E-state index contributed by atoms with van der Waals surface area (Å²) in [5.41, 5.74) is 2.53. The fourth-order valence-corrected chi connectivity index (χ4v) is 4.97. The second kappa shape index (κ2) is 10.7. The lowest BCUT2D eigenvalue weighted by Crippen LogP contribution is -2.56. The van der Waals surface area contributed by atoms with Gasteiger partial charge >= 0.3 is 8.80 Å². The van der Waals surface area contributed by atoms with E-state index in [1.54, 1.807) is 21.3 Å². The van der Waals surface area contributed by atoms with Gasteiger partial charge in [-0.1, -0.05) is 30.3 Å². The van der Waals surface area contributed by atoms with Crippen molar-refractivity contribution in [3.05, 3.63) is 64.9 Å². The first-order chi connectivity index (χ1) is 13.2. The Morgan fingerprint density at radius 2 is 0.893 bits per heavy atom. The summed E-state index contributed by atoms with van der Waals surface area (Å²) >= 11 is 0. The second-order valence-electron chi connectivity index (χ2n) is 6.70. The predicted molar refractivity (Wildman–Crippen MR) is 111 cm³/mol. The van der Waals surface area contributed by atoms with E-state index in [0.29, 0.717) is 17.8 Å². The first-order valence-electron chi connectivity index (χ1n) is 8.97. The molecule has 0 unspecified atom stereocenters. The van der Waals surface area contributed by atoms with Crippen molar-refractivity contribution in [3.8, 4) is 0 Å². The van der Waals surface area contributed by atoms with Crippen LogP contribution in [0.5, 0.6) is 0 Å². The molecule has 0 bridgehead atoms. The maximum Gasteiger partial charge on any atom is 0.743 e. The van der Waals surface area contributed by atoms with Crippen molar-refractivity contribution in [3.63, 3.8) is 0 Å². The minimum absolute atomic E-state index is 0.323. The Bertz CT molecular complexity index is 655. The number of benzene rings is 1. The van der Waals surface area contributed by atoms with Crippen molar-refractivity contribution in [2.75, 3.05) is 21.3 Å². The molecule has 0 aliphatic heterocycles. The van der Waals surface area contributed by atoms with Crippen LogP contribution in [0.4, 0.5) is 0 Å². The summed E-state index contributed by atoms with van der Waals surface area (Å²) in [6.45, 7) is 11.3. The number of rotatable bonds is 10. The smallest absolute Gasteiger partial charge is 0.470 e. The van der Waals surface area contributed by atoms with Crippen LogP contribution in [0.1, 0.15) is 41.5 Å². The molecule has 156 valence electrons. The van der Waals surface area contributed by atoms with Gasteiger partial charge in [-0.05, 0) is 41.5 Å². The molecule has 28 heavy (non-hydrogen) atoms.